The fraction of sp³-hybridized carbons (Fsp3) is 0.143. The Bertz CT molecular complexity index is 7080. The van der Waals surface area contributed by atoms with Crippen molar-refractivity contribution >= 4 is 116 Å². The standard InChI is InChI=1S/C112H94N4O/c1-109(2,3)79-52-55-101-97(63-79)98-64-80(110(4,5)6)53-56-102(98)115(101)85-43-30-42-84(69-85)114(108-94(73-36-21-15-22-37-73)67-82(112(10,11)12)68-95(108)74-38-23-16-24-39-74)87-60-78(77-50-54-103-96(61-77)91-47-31-46-90-88-44-25-27-48-100(88)116(103)106(90)91)59-86(70-87)113(83-41-29-40-75(58-83)76-51-57-105-99(62-76)89-45-26-28-49-104(89)117-105)107-92(71-32-17-13-18-33-71)65-81(111(7,8)9)66-93(107)72-34-19-14-20-35-72/h13-70H,1-12H3. The molecule has 16 aromatic carbocycles. The summed E-state index contributed by atoms with van der Waals surface area (Å²) in [6.45, 7) is 28.0. The molecule has 20 rings (SSSR count). The molecule has 568 valence electrons. The number of hydrogen-bond acceptors (Lipinski definition) is 3. The number of rotatable bonds is 13. The fourth-order valence-electron chi connectivity index (χ4n) is 18.2. The van der Waals surface area contributed by atoms with E-state index in [1.165, 1.54) is 71.1 Å². The van der Waals surface area contributed by atoms with Crippen LogP contribution < -0.4 is 9.80 Å². The van der Waals surface area contributed by atoms with Gasteiger partial charge in [0.15, 0.2) is 0 Å². The highest BCUT2D eigenvalue weighted by Gasteiger charge is 2.33. The highest BCUT2D eigenvalue weighted by molar-refractivity contribution is 6.24. The highest BCUT2D eigenvalue weighted by Crippen LogP contribution is 2.55. The number of furan rings is 1. The average molecular weight is 1510 g/mol. The number of para-hydroxylation sites is 3. The van der Waals surface area contributed by atoms with Crippen LogP contribution in [0.25, 0.3) is 154 Å². The molecule has 0 aliphatic rings. The van der Waals surface area contributed by atoms with Gasteiger partial charge in [-0.05, 0) is 222 Å². The van der Waals surface area contributed by atoms with Crippen LogP contribution in [0.2, 0.25) is 0 Å². The highest BCUT2D eigenvalue weighted by atomic mass is 16.3. The van der Waals surface area contributed by atoms with Gasteiger partial charge in [-0.2, -0.15) is 0 Å². The van der Waals surface area contributed by atoms with Crippen LogP contribution in [0.5, 0.6) is 0 Å². The van der Waals surface area contributed by atoms with Crippen LogP contribution in [0.3, 0.4) is 0 Å². The van der Waals surface area contributed by atoms with Crippen LogP contribution >= 0.6 is 0 Å². The normalized spacial score (nSPS) is 12.4. The Morgan fingerprint density at radius 2 is 0.590 bits per heavy atom. The van der Waals surface area contributed by atoms with E-state index in [0.717, 1.165) is 140 Å². The molecule has 0 saturated heterocycles. The van der Waals surface area contributed by atoms with Crippen molar-refractivity contribution in [2.24, 2.45) is 0 Å². The number of nitrogens with zero attached hydrogens (tertiary/aromatic N) is 4. The lowest BCUT2D eigenvalue weighted by Crippen LogP contribution is -2.18. The molecule has 20 aromatic rings. The van der Waals surface area contributed by atoms with Crippen molar-refractivity contribution in [1.29, 1.82) is 0 Å². The molecule has 5 nitrogen and oxygen atoms in total. The SMILES string of the molecule is CC(C)(C)c1cc(-c2ccccc2)c(N(c2cccc(-c3ccc4oc5ccccc5c4c3)c2)c2cc(-c3ccc4c(c3)c3cccc5c6ccccc6n4c53)cc(N(c3cccc(-n4c5ccc(C(C)(C)C)cc5c5cc(C(C)(C)C)ccc54)c3)c3c(-c4ccccc4)cc(C(C)(C)C)cc3-c3ccccc3)c2)c(-c2ccccc2)c1. The lowest BCUT2D eigenvalue weighted by molar-refractivity contribution is 0.590. The Kier molecular flexibility index (Phi) is 17.1. The molecule has 0 radical (unpaired) electrons. The molecule has 0 aliphatic carbocycles. The van der Waals surface area contributed by atoms with E-state index in [9.17, 15) is 0 Å². The van der Waals surface area contributed by atoms with Gasteiger partial charge < -0.3 is 23.2 Å². The summed E-state index contributed by atoms with van der Waals surface area (Å²) in [6.07, 6.45) is 0. The van der Waals surface area contributed by atoms with Crippen LogP contribution in [0.4, 0.5) is 34.1 Å². The molecule has 0 amide bonds. The van der Waals surface area contributed by atoms with E-state index >= 15 is 0 Å². The Morgan fingerprint density at radius 3 is 1.11 bits per heavy atom. The first-order chi connectivity index (χ1) is 56.5. The summed E-state index contributed by atoms with van der Waals surface area (Å²) in [5.74, 6) is 0. The minimum absolute atomic E-state index is 0.0756. The molecule has 4 aromatic heterocycles. The lowest BCUT2D eigenvalue weighted by atomic mass is 9.81. The first-order valence-electron chi connectivity index (χ1n) is 41.3. The van der Waals surface area contributed by atoms with Gasteiger partial charge in [-0.1, -0.05) is 301 Å². The molecular weight excluding hydrogens is 1420 g/mol. The molecule has 0 unspecified atom stereocenters. The first-order valence-corrected chi connectivity index (χ1v) is 41.3. The third-order valence-electron chi connectivity index (χ3n) is 24.4. The maximum atomic E-state index is 6.53. The zero-order valence-corrected chi connectivity index (χ0v) is 68.7. The molecule has 0 atom stereocenters. The second-order valence-electron chi connectivity index (χ2n) is 36.2. The number of fused-ring (bicyclic) bond motifs is 12. The lowest BCUT2D eigenvalue weighted by Gasteiger charge is -2.35. The van der Waals surface area contributed by atoms with E-state index in [4.69, 9.17) is 4.42 Å². The molecule has 0 fully saturated rings. The van der Waals surface area contributed by atoms with E-state index in [2.05, 4.69) is 454 Å². The third kappa shape index (κ3) is 12.6. The maximum Gasteiger partial charge on any atom is 0.135 e. The minimum Gasteiger partial charge on any atom is -0.456 e. The van der Waals surface area contributed by atoms with Gasteiger partial charge in [0, 0.05) is 93.8 Å². The minimum atomic E-state index is -0.243. The Labute approximate surface area is 686 Å². The maximum absolute atomic E-state index is 6.53. The Balaban J connectivity index is 0.946. The van der Waals surface area contributed by atoms with E-state index in [1.54, 1.807) is 0 Å². The predicted octanol–water partition coefficient (Wildman–Crippen LogP) is 32.0. The van der Waals surface area contributed by atoms with Crippen molar-refractivity contribution in [1.82, 2.24) is 8.97 Å². The van der Waals surface area contributed by atoms with Gasteiger partial charge in [0.1, 0.15) is 11.2 Å². The van der Waals surface area contributed by atoms with Crippen LogP contribution in [-0.4, -0.2) is 8.97 Å². The number of aromatic nitrogens is 2. The predicted molar refractivity (Wildman–Crippen MR) is 500 cm³/mol. The Hall–Kier alpha value is -13.5. The first kappa shape index (κ1) is 72.5. The van der Waals surface area contributed by atoms with Gasteiger partial charge in [-0.25, -0.2) is 0 Å². The van der Waals surface area contributed by atoms with Crippen LogP contribution in [0.15, 0.2) is 356 Å². The number of hydrogen-bond donors (Lipinski definition) is 0. The summed E-state index contributed by atoms with van der Waals surface area (Å²) in [6, 6.07) is 133. The quantitative estimate of drug-likeness (QED) is 0.115. The van der Waals surface area contributed by atoms with Gasteiger partial charge in [-0.3, -0.25) is 0 Å². The van der Waals surface area contributed by atoms with E-state index in [-0.39, 0.29) is 21.7 Å². The van der Waals surface area contributed by atoms with Gasteiger partial charge in [0.2, 0.25) is 0 Å². The number of anilines is 6. The summed E-state index contributed by atoms with van der Waals surface area (Å²) in [5, 5.41) is 9.59. The molecule has 0 spiro atoms. The monoisotopic (exact) mass is 1510 g/mol. The van der Waals surface area contributed by atoms with E-state index in [1.807, 2.05) is 0 Å². The summed E-state index contributed by atoms with van der Waals surface area (Å²) in [5.41, 5.74) is 32.4. The van der Waals surface area contributed by atoms with E-state index < -0.39 is 0 Å². The summed E-state index contributed by atoms with van der Waals surface area (Å²) in [7, 11) is 0. The summed E-state index contributed by atoms with van der Waals surface area (Å²) >= 11 is 0. The van der Waals surface area contributed by atoms with E-state index in [0.29, 0.717) is 0 Å². The summed E-state index contributed by atoms with van der Waals surface area (Å²) < 4.78 is 11.6. The van der Waals surface area contributed by atoms with Crippen molar-refractivity contribution in [3.8, 4) is 72.4 Å². The van der Waals surface area contributed by atoms with Crippen molar-refractivity contribution in [3.63, 3.8) is 0 Å². The van der Waals surface area contributed by atoms with Gasteiger partial charge in [0.25, 0.3) is 0 Å². The van der Waals surface area contributed by atoms with Crippen LogP contribution in [-0.2, 0) is 21.7 Å². The third-order valence-corrected chi connectivity index (χ3v) is 24.4. The van der Waals surface area contributed by atoms with Crippen LogP contribution in [0.1, 0.15) is 105 Å². The molecule has 0 saturated carbocycles. The number of benzene rings is 16. The molecular formula is C112H94N4O. The average Bonchev–Trinajstić information content (AvgIpc) is 1.36. The topological polar surface area (TPSA) is 29.0 Å². The molecule has 5 heteroatoms. The van der Waals surface area contributed by atoms with Crippen LogP contribution in [0, 0.1) is 0 Å². The van der Waals surface area contributed by atoms with Crippen molar-refractivity contribution in [2.75, 3.05) is 9.80 Å². The second kappa shape index (κ2) is 27.6. The molecule has 0 bridgehead atoms. The fourth-order valence-corrected chi connectivity index (χ4v) is 18.2. The zero-order chi connectivity index (χ0) is 80.0. The smallest absolute Gasteiger partial charge is 0.135 e. The molecule has 117 heavy (non-hydrogen) atoms. The van der Waals surface area contributed by atoms with Crippen molar-refractivity contribution in [2.45, 2.75) is 105 Å². The van der Waals surface area contributed by atoms with Gasteiger partial charge in [0.05, 0.1) is 39.0 Å². The summed E-state index contributed by atoms with van der Waals surface area (Å²) in [4.78, 5) is 5.23. The van der Waals surface area contributed by atoms with Gasteiger partial charge >= 0.3 is 0 Å². The molecule has 0 aliphatic heterocycles. The zero-order valence-electron chi connectivity index (χ0n) is 68.7. The Morgan fingerprint density at radius 1 is 0.222 bits per heavy atom. The van der Waals surface area contributed by atoms with Gasteiger partial charge in [-0.15, -0.1) is 0 Å². The second-order valence-corrected chi connectivity index (χ2v) is 36.2. The van der Waals surface area contributed by atoms with Crippen molar-refractivity contribution in [3.05, 3.63) is 374 Å². The van der Waals surface area contributed by atoms with Crippen molar-refractivity contribution < 1.29 is 4.42 Å². The molecule has 0 N–H and O–H groups in total. The largest absolute Gasteiger partial charge is 0.456 e. The molecule has 4 heterocycles.